The van der Waals surface area contributed by atoms with E-state index in [-0.39, 0.29) is 5.56 Å². The Morgan fingerprint density at radius 3 is 2.50 bits per heavy atom. The van der Waals surface area contributed by atoms with Gasteiger partial charge < -0.3 is 10.1 Å². The van der Waals surface area contributed by atoms with Crippen molar-refractivity contribution in [3.05, 3.63) is 78.2 Å². The van der Waals surface area contributed by atoms with Gasteiger partial charge in [0.2, 0.25) is 5.88 Å². The van der Waals surface area contributed by atoms with Crippen LogP contribution in [0, 0.1) is 5.82 Å². The van der Waals surface area contributed by atoms with E-state index in [4.69, 9.17) is 4.74 Å². The highest BCUT2D eigenvalue weighted by atomic mass is 19.1. The van der Waals surface area contributed by atoms with Gasteiger partial charge in [-0.1, -0.05) is 36.4 Å². The van der Waals surface area contributed by atoms with Gasteiger partial charge in [-0.2, -0.15) is 0 Å². The average molecular weight is 322 g/mol. The zero-order valence-corrected chi connectivity index (χ0v) is 13.0. The molecule has 1 aromatic heterocycles. The Hall–Kier alpha value is -3.21. The number of anilines is 1. The summed E-state index contributed by atoms with van der Waals surface area (Å²) in [6.07, 6.45) is 1.45. The van der Waals surface area contributed by atoms with Crippen LogP contribution in [0.5, 0.6) is 5.88 Å². The highest BCUT2D eigenvalue weighted by molar-refractivity contribution is 6.05. The quantitative estimate of drug-likeness (QED) is 0.785. The number of rotatable bonds is 4. The van der Waals surface area contributed by atoms with Crippen LogP contribution in [0.1, 0.15) is 10.4 Å². The summed E-state index contributed by atoms with van der Waals surface area (Å²) in [5.74, 6) is -0.670. The number of ether oxygens (including phenoxy) is 1. The van der Waals surface area contributed by atoms with E-state index in [0.29, 0.717) is 11.6 Å². The number of hydrogen-bond donors (Lipinski definition) is 1. The minimum atomic E-state index is -0.575. The number of carbonyl (C=O) groups excluding carboxylic acids is 1. The summed E-state index contributed by atoms with van der Waals surface area (Å²) in [6, 6.07) is 17.2. The Bertz CT molecular complexity index is 849. The van der Waals surface area contributed by atoms with Crippen LogP contribution >= 0.6 is 0 Å². The first-order valence-electron chi connectivity index (χ1n) is 7.34. The summed E-state index contributed by atoms with van der Waals surface area (Å²) in [6.45, 7) is 0. The minimum absolute atomic E-state index is 0.0211. The lowest BCUT2D eigenvalue weighted by Gasteiger charge is -2.09. The van der Waals surface area contributed by atoms with Crippen LogP contribution in [0.4, 0.5) is 10.1 Å². The summed E-state index contributed by atoms with van der Waals surface area (Å²) >= 11 is 0. The molecule has 0 aliphatic heterocycles. The fourth-order valence-corrected chi connectivity index (χ4v) is 2.28. The van der Waals surface area contributed by atoms with E-state index < -0.39 is 11.7 Å². The molecule has 1 N–H and O–H groups in total. The number of aromatic nitrogens is 1. The molecule has 0 aliphatic carbocycles. The topological polar surface area (TPSA) is 51.2 Å². The molecule has 120 valence electrons. The minimum Gasteiger partial charge on any atom is -0.481 e. The Labute approximate surface area is 138 Å². The molecule has 24 heavy (non-hydrogen) atoms. The number of methoxy groups -OCH3 is 1. The van der Waals surface area contributed by atoms with Crippen molar-refractivity contribution in [2.24, 2.45) is 0 Å². The first-order valence-corrected chi connectivity index (χ1v) is 7.34. The molecule has 0 saturated heterocycles. The van der Waals surface area contributed by atoms with E-state index in [1.807, 2.05) is 30.3 Å². The molecule has 0 saturated carbocycles. The summed E-state index contributed by atoms with van der Waals surface area (Å²) in [5, 5.41) is 2.63. The highest BCUT2D eigenvalue weighted by Gasteiger charge is 2.13. The SMILES string of the molecule is COc1ccc(NC(=O)c2cc(-c3ccccc3)ccc2F)cn1. The lowest BCUT2D eigenvalue weighted by molar-refractivity contribution is 0.102. The van der Waals surface area contributed by atoms with Crippen LogP contribution in [0.2, 0.25) is 0 Å². The van der Waals surface area contributed by atoms with Crippen molar-refractivity contribution in [1.29, 1.82) is 0 Å². The smallest absolute Gasteiger partial charge is 0.258 e. The standard InChI is InChI=1S/C19H15FN2O2/c1-24-18-10-8-15(12-21-18)22-19(23)16-11-14(7-9-17(16)20)13-5-3-2-4-6-13/h2-12H,1H3,(H,22,23). The number of halogens is 1. The van der Waals surface area contributed by atoms with E-state index in [2.05, 4.69) is 10.3 Å². The van der Waals surface area contributed by atoms with Crippen molar-refractivity contribution in [3.63, 3.8) is 0 Å². The molecule has 0 bridgehead atoms. The molecule has 0 atom stereocenters. The zero-order valence-electron chi connectivity index (χ0n) is 13.0. The van der Waals surface area contributed by atoms with E-state index in [0.717, 1.165) is 11.1 Å². The van der Waals surface area contributed by atoms with Gasteiger partial charge in [0, 0.05) is 6.07 Å². The Kier molecular flexibility index (Phi) is 4.52. The van der Waals surface area contributed by atoms with Crippen molar-refractivity contribution < 1.29 is 13.9 Å². The monoisotopic (exact) mass is 322 g/mol. The third-order valence-electron chi connectivity index (χ3n) is 3.52. The molecule has 0 aliphatic rings. The summed E-state index contributed by atoms with van der Waals surface area (Å²) in [4.78, 5) is 16.4. The third-order valence-corrected chi connectivity index (χ3v) is 3.52. The number of nitrogens with one attached hydrogen (secondary N) is 1. The highest BCUT2D eigenvalue weighted by Crippen LogP contribution is 2.22. The van der Waals surface area contributed by atoms with Crippen LogP contribution in [-0.4, -0.2) is 18.0 Å². The lowest BCUT2D eigenvalue weighted by Crippen LogP contribution is -2.14. The van der Waals surface area contributed by atoms with Gasteiger partial charge in [0.15, 0.2) is 0 Å². The maximum atomic E-state index is 14.1. The fourth-order valence-electron chi connectivity index (χ4n) is 2.28. The molecule has 4 nitrogen and oxygen atoms in total. The third kappa shape index (κ3) is 3.41. The van der Waals surface area contributed by atoms with Crippen molar-refractivity contribution in [1.82, 2.24) is 4.98 Å². The van der Waals surface area contributed by atoms with Crippen LogP contribution in [-0.2, 0) is 0 Å². The molecule has 1 heterocycles. The molecule has 2 aromatic carbocycles. The normalized spacial score (nSPS) is 10.2. The van der Waals surface area contributed by atoms with Gasteiger partial charge in [-0.3, -0.25) is 4.79 Å². The number of carbonyl (C=O) groups is 1. The summed E-state index contributed by atoms with van der Waals surface area (Å²) < 4.78 is 19.0. The fraction of sp³-hybridized carbons (Fsp3) is 0.0526. The predicted molar refractivity (Wildman–Crippen MR) is 90.6 cm³/mol. The predicted octanol–water partition coefficient (Wildman–Crippen LogP) is 4.15. The van der Waals surface area contributed by atoms with Gasteiger partial charge in [0.25, 0.3) is 5.91 Å². The largest absolute Gasteiger partial charge is 0.481 e. The van der Waals surface area contributed by atoms with E-state index in [1.165, 1.54) is 25.4 Å². The van der Waals surface area contributed by atoms with Crippen LogP contribution < -0.4 is 10.1 Å². The second-order valence-corrected chi connectivity index (χ2v) is 5.10. The molecule has 1 amide bonds. The Balaban J connectivity index is 1.86. The van der Waals surface area contributed by atoms with Crippen LogP contribution in [0.3, 0.4) is 0 Å². The Morgan fingerprint density at radius 2 is 1.83 bits per heavy atom. The second-order valence-electron chi connectivity index (χ2n) is 5.10. The van der Waals surface area contributed by atoms with Crippen molar-refractivity contribution in [2.45, 2.75) is 0 Å². The van der Waals surface area contributed by atoms with Gasteiger partial charge in [0.05, 0.1) is 24.6 Å². The van der Waals surface area contributed by atoms with Crippen molar-refractivity contribution >= 4 is 11.6 Å². The number of hydrogen-bond acceptors (Lipinski definition) is 3. The van der Waals surface area contributed by atoms with Crippen molar-refractivity contribution in [3.8, 4) is 17.0 Å². The molecule has 0 radical (unpaired) electrons. The Morgan fingerprint density at radius 1 is 1.04 bits per heavy atom. The maximum absolute atomic E-state index is 14.1. The molecular weight excluding hydrogens is 307 g/mol. The molecule has 0 fully saturated rings. The van der Waals surface area contributed by atoms with Gasteiger partial charge in [-0.05, 0) is 29.3 Å². The van der Waals surface area contributed by atoms with Gasteiger partial charge in [-0.15, -0.1) is 0 Å². The number of amides is 1. The summed E-state index contributed by atoms with van der Waals surface area (Å²) in [5.41, 5.74) is 2.13. The number of benzene rings is 2. The second kappa shape index (κ2) is 6.91. The molecule has 3 aromatic rings. The van der Waals surface area contributed by atoms with Gasteiger partial charge >= 0.3 is 0 Å². The van der Waals surface area contributed by atoms with E-state index in [1.54, 1.807) is 18.2 Å². The molecule has 3 rings (SSSR count). The summed E-state index contributed by atoms with van der Waals surface area (Å²) in [7, 11) is 1.51. The van der Waals surface area contributed by atoms with Crippen LogP contribution in [0.15, 0.2) is 66.9 Å². The number of nitrogens with zero attached hydrogens (tertiary/aromatic N) is 1. The van der Waals surface area contributed by atoms with E-state index in [9.17, 15) is 9.18 Å². The number of pyridine rings is 1. The average Bonchev–Trinajstić information content (AvgIpc) is 2.63. The zero-order chi connectivity index (χ0) is 16.9. The molecule has 5 heteroatoms. The maximum Gasteiger partial charge on any atom is 0.258 e. The van der Waals surface area contributed by atoms with Gasteiger partial charge in [-0.25, -0.2) is 9.37 Å². The molecular formula is C19H15FN2O2. The lowest BCUT2D eigenvalue weighted by atomic mass is 10.0. The van der Waals surface area contributed by atoms with Crippen molar-refractivity contribution in [2.75, 3.05) is 12.4 Å². The first-order chi connectivity index (χ1) is 11.7. The van der Waals surface area contributed by atoms with Crippen LogP contribution in [0.25, 0.3) is 11.1 Å². The van der Waals surface area contributed by atoms with E-state index >= 15 is 0 Å². The molecule has 0 unspecified atom stereocenters. The molecule has 0 spiro atoms. The van der Waals surface area contributed by atoms with Gasteiger partial charge in [0.1, 0.15) is 5.82 Å². The first kappa shape index (κ1) is 15.7.